The molecule has 16 heteroatoms. The summed E-state index contributed by atoms with van der Waals surface area (Å²) in [5.41, 5.74) is -11.1. The van der Waals surface area contributed by atoms with E-state index in [0.717, 1.165) is 38.1 Å². The molecule has 0 aliphatic carbocycles. The van der Waals surface area contributed by atoms with Crippen LogP contribution in [0, 0.1) is 42.9 Å². The zero-order chi connectivity index (χ0) is 31.2. The van der Waals surface area contributed by atoms with E-state index in [0.29, 0.717) is 0 Å². The van der Waals surface area contributed by atoms with Crippen molar-refractivity contribution in [3.05, 3.63) is 93.3 Å². The number of benzene rings is 3. The van der Waals surface area contributed by atoms with Crippen molar-refractivity contribution in [1.29, 1.82) is 0 Å². The molecule has 0 aliphatic rings. The van der Waals surface area contributed by atoms with Crippen LogP contribution in [-0.4, -0.2) is 24.2 Å². The van der Waals surface area contributed by atoms with Crippen molar-refractivity contribution in [3.63, 3.8) is 0 Å². The Morgan fingerprint density at radius 2 is 1.10 bits per heavy atom. The minimum Gasteiger partial charge on any atom is -0.322 e. The Bertz CT molecular complexity index is 1480. The Morgan fingerprint density at radius 3 is 1.56 bits per heavy atom. The van der Waals surface area contributed by atoms with Crippen LogP contribution in [0.25, 0.3) is 0 Å². The van der Waals surface area contributed by atoms with Crippen LogP contribution in [-0.2, 0) is 5.67 Å². The summed E-state index contributed by atoms with van der Waals surface area (Å²) in [7, 11) is 0. The van der Waals surface area contributed by atoms with Crippen molar-refractivity contribution in [2.75, 3.05) is 10.6 Å². The Balaban J connectivity index is 1.91. The molecule has 3 rings (SSSR count). The van der Waals surface area contributed by atoms with Gasteiger partial charge in [0.1, 0.15) is 5.56 Å². The quantitative estimate of drug-likeness (QED) is 0.178. The third kappa shape index (κ3) is 5.54. The Morgan fingerprint density at radius 1 is 0.634 bits per heavy atom. The van der Waals surface area contributed by atoms with Gasteiger partial charge < -0.3 is 10.6 Å². The van der Waals surface area contributed by atoms with E-state index < -0.39 is 70.0 Å². The third-order valence-corrected chi connectivity index (χ3v) is 5.77. The number of amides is 2. The molecule has 0 bridgehead atoms. The number of rotatable bonds is 5. The van der Waals surface area contributed by atoms with Crippen LogP contribution in [0.2, 0.25) is 0 Å². The van der Waals surface area contributed by atoms with Crippen molar-refractivity contribution < 1.29 is 62.3 Å². The predicted molar refractivity (Wildman–Crippen MR) is 119 cm³/mol. The van der Waals surface area contributed by atoms with E-state index in [2.05, 4.69) is 5.32 Å². The summed E-state index contributed by atoms with van der Waals surface area (Å²) in [5.74, 6) is -14.9. The maximum absolute atomic E-state index is 14.5. The lowest BCUT2D eigenvalue weighted by Gasteiger charge is -2.31. The van der Waals surface area contributed by atoms with Crippen LogP contribution in [0.3, 0.4) is 0 Å². The van der Waals surface area contributed by atoms with E-state index >= 15 is 0 Å². The summed E-state index contributed by atoms with van der Waals surface area (Å²) in [4.78, 5) is 25.0. The highest BCUT2D eigenvalue weighted by Gasteiger charge is 2.73. The van der Waals surface area contributed by atoms with E-state index in [9.17, 15) is 62.3 Å². The summed E-state index contributed by atoms with van der Waals surface area (Å²) in [6, 6.07) is 4.65. The molecule has 0 aromatic heterocycles. The van der Waals surface area contributed by atoms with E-state index in [4.69, 9.17) is 0 Å². The highest BCUT2D eigenvalue weighted by molar-refractivity contribution is 6.08. The molecule has 0 spiro atoms. The second kappa shape index (κ2) is 10.6. The number of alkyl halides is 7. The molecule has 0 radical (unpaired) electrons. The fourth-order valence-electron chi connectivity index (χ4n) is 3.77. The van der Waals surface area contributed by atoms with Gasteiger partial charge in [-0.3, -0.25) is 9.59 Å². The minimum absolute atomic E-state index is 0.254. The van der Waals surface area contributed by atoms with E-state index in [1.807, 2.05) is 5.32 Å². The first kappa shape index (κ1) is 31.3. The first-order chi connectivity index (χ1) is 18.7. The zero-order valence-electron chi connectivity index (χ0n) is 20.3. The molecule has 0 fully saturated rings. The Kier molecular flexibility index (Phi) is 8.11. The van der Waals surface area contributed by atoms with Crippen molar-refractivity contribution in [3.8, 4) is 0 Å². The van der Waals surface area contributed by atoms with Crippen molar-refractivity contribution in [2.24, 2.45) is 0 Å². The SMILES string of the molecule is Cc1cc(C(F)(C(F)(F)F)C(F)(F)F)cc(C)c1NC(=O)c1cccc(NC(=O)c2c(F)c(F)c(F)c(F)c2F)c1. The minimum atomic E-state index is -6.36. The van der Waals surface area contributed by atoms with Gasteiger partial charge in [-0.1, -0.05) is 18.2 Å². The highest BCUT2D eigenvalue weighted by Crippen LogP contribution is 2.53. The van der Waals surface area contributed by atoms with Gasteiger partial charge in [-0.25, -0.2) is 26.3 Å². The number of hydrogen-bond acceptors (Lipinski definition) is 2. The van der Waals surface area contributed by atoms with Crippen molar-refractivity contribution >= 4 is 23.2 Å². The van der Waals surface area contributed by atoms with Gasteiger partial charge in [-0.15, -0.1) is 0 Å². The number of aryl methyl sites for hydroxylation is 2. The zero-order valence-corrected chi connectivity index (χ0v) is 20.3. The molecule has 3 aromatic carbocycles. The number of anilines is 2. The maximum atomic E-state index is 14.5. The van der Waals surface area contributed by atoms with Gasteiger partial charge in [0, 0.05) is 22.5 Å². The lowest BCUT2D eigenvalue weighted by Crippen LogP contribution is -2.50. The fourth-order valence-corrected chi connectivity index (χ4v) is 3.77. The number of carbonyl (C=O) groups excluding carboxylic acids is 2. The van der Waals surface area contributed by atoms with Gasteiger partial charge in [0.25, 0.3) is 11.8 Å². The third-order valence-electron chi connectivity index (χ3n) is 5.77. The molecule has 3 aromatic rings. The van der Waals surface area contributed by atoms with E-state index in [1.54, 1.807) is 0 Å². The molecule has 0 heterocycles. The molecule has 0 aliphatic heterocycles. The summed E-state index contributed by atoms with van der Waals surface area (Å²) >= 11 is 0. The first-order valence-electron chi connectivity index (χ1n) is 10.9. The van der Waals surface area contributed by atoms with Gasteiger partial charge in [0.15, 0.2) is 23.3 Å². The standard InChI is InChI=1S/C25H14F12N2O2/c1-9-6-12(23(31,24(32,33)34)25(35,36)37)7-10(2)20(9)39-21(40)11-4-3-5-13(8-11)38-22(41)14-15(26)17(28)19(30)18(29)16(14)27/h3-8H,1-2H3,(H,38,41)(H,39,40). The number of nitrogens with one attached hydrogen (secondary N) is 2. The number of hydrogen-bond donors (Lipinski definition) is 2. The summed E-state index contributed by atoms with van der Waals surface area (Å²) < 4.78 is 161. The molecular formula is C25H14F12N2O2. The largest absolute Gasteiger partial charge is 0.435 e. The monoisotopic (exact) mass is 602 g/mol. The van der Waals surface area contributed by atoms with Crippen molar-refractivity contribution in [1.82, 2.24) is 0 Å². The number of halogens is 12. The van der Waals surface area contributed by atoms with Gasteiger partial charge in [0.2, 0.25) is 5.82 Å². The average Bonchev–Trinajstić information content (AvgIpc) is 2.86. The van der Waals surface area contributed by atoms with Crippen LogP contribution in [0.5, 0.6) is 0 Å². The molecule has 0 unspecified atom stereocenters. The van der Waals surface area contributed by atoms with Crippen LogP contribution >= 0.6 is 0 Å². The van der Waals surface area contributed by atoms with Gasteiger partial charge in [-0.05, 0) is 43.2 Å². The van der Waals surface area contributed by atoms with Gasteiger partial charge >= 0.3 is 18.0 Å². The molecule has 0 saturated heterocycles. The van der Waals surface area contributed by atoms with Gasteiger partial charge in [0.05, 0.1) is 0 Å². The second-order valence-corrected chi connectivity index (χ2v) is 8.57. The van der Waals surface area contributed by atoms with Crippen LogP contribution in [0.1, 0.15) is 37.4 Å². The smallest absolute Gasteiger partial charge is 0.322 e. The molecule has 0 atom stereocenters. The summed E-state index contributed by atoms with van der Waals surface area (Å²) in [6.07, 6.45) is -12.7. The fraction of sp³-hybridized carbons (Fsp3) is 0.200. The topological polar surface area (TPSA) is 58.2 Å². The maximum Gasteiger partial charge on any atom is 0.435 e. The second-order valence-electron chi connectivity index (χ2n) is 8.57. The first-order valence-corrected chi connectivity index (χ1v) is 10.9. The Labute approximate surface area is 222 Å². The molecule has 0 saturated carbocycles. The average molecular weight is 602 g/mol. The van der Waals surface area contributed by atoms with Crippen molar-refractivity contribution in [2.45, 2.75) is 31.9 Å². The van der Waals surface area contributed by atoms with Crippen LogP contribution in [0.4, 0.5) is 64.1 Å². The molecule has 4 nitrogen and oxygen atoms in total. The van der Waals surface area contributed by atoms with Crippen LogP contribution < -0.4 is 10.6 Å². The molecule has 41 heavy (non-hydrogen) atoms. The van der Waals surface area contributed by atoms with E-state index in [1.165, 1.54) is 0 Å². The van der Waals surface area contributed by atoms with Gasteiger partial charge in [-0.2, -0.15) is 26.3 Å². The highest BCUT2D eigenvalue weighted by atomic mass is 19.4. The lowest BCUT2D eigenvalue weighted by atomic mass is 9.90. The summed E-state index contributed by atoms with van der Waals surface area (Å²) in [5, 5.41) is 4.04. The normalized spacial score (nSPS) is 12.3. The molecule has 2 N–H and O–H groups in total. The molecule has 2 amide bonds. The molecular weight excluding hydrogens is 588 g/mol. The lowest BCUT2D eigenvalue weighted by molar-refractivity contribution is -0.348. The number of carbonyl (C=O) groups is 2. The van der Waals surface area contributed by atoms with E-state index in [-0.39, 0.29) is 40.2 Å². The Hall–Kier alpha value is -4.24. The molecule has 220 valence electrons. The predicted octanol–water partition coefficient (Wildman–Crippen LogP) is 7.79. The summed E-state index contributed by atoms with van der Waals surface area (Å²) in [6.45, 7) is 2.00. The van der Waals surface area contributed by atoms with Crippen LogP contribution in [0.15, 0.2) is 36.4 Å².